The van der Waals surface area contributed by atoms with Gasteiger partial charge in [-0.1, -0.05) is 91.0 Å². The van der Waals surface area contributed by atoms with Crippen LogP contribution in [0.5, 0.6) is 0 Å². The van der Waals surface area contributed by atoms with Gasteiger partial charge in [0.2, 0.25) is 0 Å². The standard InChI is InChI=1S/C25H24OSi/c1-3-19-27(26-4-2,24-17-9-13-20-11-5-7-15-22(20)24)25-18-10-14-21-12-6-8-16-23(21)25/h3,5-18H,1,4,19H2,2H3. The molecule has 0 heterocycles. The zero-order valence-corrected chi connectivity index (χ0v) is 16.7. The number of hydrogen-bond acceptors (Lipinski definition) is 1. The van der Waals surface area contributed by atoms with Gasteiger partial charge < -0.3 is 4.43 Å². The van der Waals surface area contributed by atoms with Gasteiger partial charge >= 0.3 is 0 Å². The SMILES string of the molecule is C=CC[Si](OCC)(c1cccc2ccccc12)c1cccc2ccccc12. The van der Waals surface area contributed by atoms with E-state index in [0.29, 0.717) is 6.61 Å². The minimum atomic E-state index is -2.49. The molecule has 27 heavy (non-hydrogen) atoms. The number of rotatable bonds is 6. The van der Waals surface area contributed by atoms with Gasteiger partial charge in [-0.3, -0.25) is 0 Å². The molecule has 0 amide bonds. The van der Waals surface area contributed by atoms with Crippen LogP contribution < -0.4 is 10.4 Å². The first kappa shape index (κ1) is 17.7. The highest BCUT2D eigenvalue weighted by atomic mass is 28.4. The minimum Gasteiger partial charge on any atom is -0.408 e. The third-order valence-corrected chi connectivity index (χ3v) is 9.53. The number of allylic oxidation sites excluding steroid dienone is 1. The average Bonchev–Trinajstić information content (AvgIpc) is 2.73. The summed E-state index contributed by atoms with van der Waals surface area (Å²) in [5.41, 5.74) is 0. The quantitative estimate of drug-likeness (QED) is 0.332. The van der Waals surface area contributed by atoms with Crippen molar-refractivity contribution in [1.29, 1.82) is 0 Å². The number of hydrogen-bond donors (Lipinski definition) is 0. The van der Waals surface area contributed by atoms with E-state index in [1.807, 2.05) is 6.08 Å². The molecular formula is C25H24OSi. The summed E-state index contributed by atoms with van der Waals surface area (Å²) in [7, 11) is -2.49. The predicted molar refractivity (Wildman–Crippen MR) is 120 cm³/mol. The fraction of sp³-hybridized carbons (Fsp3) is 0.120. The third kappa shape index (κ3) is 3.01. The third-order valence-electron chi connectivity index (χ3n) is 5.27. The molecule has 134 valence electrons. The van der Waals surface area contributed by atoms with E-state index in [1.54, 1.807) is 0 Å². The Morgan fingerprint density at radius 2 is 1.22 bits per heavy atom. The largest absolute Gasteiger partial charge is 0.408 e. The van der Waals surface area contributed by atoms with Gasteiger partial charge in [0.05, 0.1) is 0 Å². The maximum absolute atomic E-state index is 6.73. The lowest BCUT2D eigenvalue weighted by Gasteiger charge is -2.33. The second-order valence-corrected chi connectivity index (χ2v) is 10.2. The molecule has 1 nitrogen and oxygen atoms in total. The van der Waals surface area contributed by atoms with Crippen molar-refractivity contribution < 1.29 is 4.43 Å². The van der Waals surface area contributed by atoms with Gasteiger partial charge in [0, 0.05) is 6.61 Å². The Labute approximate surface area is 162 Å². The minimum absolute atomic E-state index is 0.687. The van der Waals surface area contributed by atoms with Crippen molar-refractivity contribution in [3.63, 3.8) is 0 Å². The monoisotopic (exact) mass is 368 g/mol. The maximum Gasteiger partial charge on any atom is 0.260 e. The van der Waals surface area contributed by atoms with Crippen LogP contribution in [0.2, 0.25) is 6.04 Å². The first-order valence-electron chi connectivity index (χ1n) is 9.51. The molecule has 0 atom stereocenters. The highest BCUT2D eigenvalue weighted by Gasteiger charge is 2.40. The first-order chi connectivity index (χ1) is 13.3. The Kier molecular flexibility index (Phi) is 4.93. The van der Waals surface area contributed by atoms with Gasteiger partial charge in [0.1, 0.15) is 0 Å². The van der Waals surface area contributed by atoms with Crippen LogP contribution in [0, 0.1) is 0 Å². The molecule has 0 spiro atoms. The summed E-state index contributed by atoms with van der Waals surface area (Å²) in [6.07, 6.45) is 2.03. The Morgan fingerprint density at radius 1 is 0.741 bits per heavy atom. The summed E-state index contributed by atoms with van der Waals surface area (Å²) in [5, 5.41) is 7.76. The van der Waals surface area contributed by atoms with Crippen LogP contribution >= 0.6 is 0 Å². The Hall–Kier alpha value is -2.68. The summed E-state index contributed by atoms with van der Waals surface area (Å²) in [6.45, 7) is 6.88. The summed E-state index contributed by atoms with van der Waals surface area (Å²) in [4.78, 5) is 0. The lowest BCUT2D eigenvalue weighted by Crippen LogP contribution is -2.61. The van der Waals surface area contributed by atoms with Crippen LogP contribution in [0.1, 0.15) is 6.92 Å². The van der Waals surface area contributed by atoms with Crippen molar-refractivity contribution in [3.05, 3.63) is 97.6 Å². The second kappa shape index (κ2) is 7.51. The molecule has 0 aliphatic carbocycles. The van der Waals surface area contributed by atoms with Crippen LogP contribution in [0.3, 0.4) is 0 Å². The highest BCUT2D eigenvalue weighted by Crippen LogP contribution is 2.24. The molecule has 0 aliphatic heterocycles. The van der Waals surface area contributed by atoms with Gasteiger partial charge in [-0.25, -0.2) is 0 Å². The van der Waals surface area contributed by atoms with Crippen molar-refractivity contribution in [2.45, 2.75) is 13.0 Å². The number of fused-ring (bicyclic) bond motifs is 2. The second-order valence-electron chi connectivity index (χ2n) is 6.81. The van der Waals surface area contributed by atoms with E-state index in [0.717, 1.165) is 6.04 Å². The fourth-order valence-electron chi connectivity index (χ4n) is 4.18. The van der Waals surface area contributed by atoms with Crippen LogP contribution in [0.25, 0.3) is 21.5 Å². The van der Waals surface area contributed by atoms with E-state index >= 15 is 0 Å². The molecule has 4 aromatic rings. The van der Waals surface area contributed by atoms with Crippen molar-refractivity contribution in [3.8, 4) is 0 Å². The average molecular weight is 369 g/mol. The van der Waals surface area contributed by atoms with Crippen molar-refractivity contribution in [1.82, 2.24) is 0 Å². The highest BCUT2D eigenvalue weighted by molar-refractivity contribution is 7.00. The molecule has 0 aromatic heterocycles. The van der Waals surface area contributed by atoms with Crippen LogP contribution in [0.15, 0.2) is 97.6 Å². The fourth-order valence-corrected chi connectivity index (χ4v) is 8.30. The predicted octanol–water partition coefficient (Wildman–Crippen LogP) is 5.28. The molecule has 0 aliphatic rings. The summed E-state index contributed by atoms with van der Waals surface area (Å²) >= 11 is 0. The molecule has 0 unspecified atom stereocenters. The van der Waals surface area contributed by atoms with E-state index in [-0.39, 0.29) is 0 Å². The molecular weight excluding hydrogens is 344 g/mol. The molecule has 0 fully saturated rings. The van der Waals surface area contributed by atoms with E-state index in [9.17, 15) is 0 Å². The number of benzene rings is 4. The van der Waals surface area contributed by atoms with Crippen LogP contribution in [-0.4, -0.2) is 14.9 Å². The van der Waals surface area contributed by atoms with E-state index in [4.69, 9.17) is 4.43 Å². The van der Waals surface area contributed by atoms with Crippen molar-refractivity contribution in [2.24, 2.45) is 0 Å². The van der Waals surface area contributed by atoms with Gasteiger partial charge in [0.15, 0.2) is 0 Å². The molecule has 2 heteroatoms. The van der Waals surface area contributed by atoms with Crippen molar-refractivity contribution in [2.75, 3.05) is 6.61 Å². The molecule has 0 N–H and O–H groups in total. The zero-order chi connectivity index (χ0) is 18.7. The van der Waals surface area contributed by atoms with Crippen LogP contribution in [0.4, 0.5) is 0 Å². The zero-order valence-electron chi connectivity index (χ0n) is 15.7. The molecule has 0 radical (unpaired) electrons. The lowest BCUT2D eigenvalue weighted by molar-refractivity contribution is 0.341. The lowest BCUT2D eigenvalue weighted by atomic mass is 10.1. The summed E-state index contributed by atoms with van der Waals surface area (Å²) in [5.74, 6) is 0. The molecule has 0 saturated carbocycles. The topological polar surface area (TPSA) is 9.23 Å². The molecule has 0 bridgehead atoms. The summed E-state index contributed by atoms with van der Waals surface area (Å²) < 4.78 is 6.73. The maximum atomic E-state index is 6.73. The normalized spacial score (nSPS) is 11.7. The van der Waals surface area contributed by atoms with E-state index in [1.165, 1.54) is 31.9 Å². The van der Waals surface area contributed by atoms with Gasteiger partial charge in [-0.05, 0) is 44.9 Å². The van der Waals surface area contributed by atoms with Gasteiger partial charge in [0.25, 0.3) is 8.32 Å². The van der Waals surface area contributed by atoms with E-state index in [2.05, 4.69) is 98.4 Å². The smallest absolute Gasteiger partial charge is 0.260 e. The molecule has 4 rings (SSSR count). The van der Waals surface area contributed by atoms with E-state index < -0.39 is 8.32 Å². The molecule has 4 aromatic carbocycles. The van der Waals surface area contributed by atoms with Crippen molar-refractivity contribution >= 4 is 40.2 Å². The first-order valence-corrected chi connectivity index (χ1v) is 11.6. The Balaban J connectivity index is 2.10. The Bertz CT molecular complexity index is 1010. The van der Waals surface area contributed by atoms with Crippen LogP contribution in [-0.2, 0) is 4.43 Å². The summed E-state index contributed by atoms with van der Waals surface area (Å²) in [6, 6.07) is 31.3. The molecule has 0 saturated heterocycles. The Morgan fingerprint density at radius 3 is 1.70 bits per heavy atom. The van der Waals surface area contributed by atoms with Gasteiger partial charge in [-0.15, -0.1) is 6.58 Å². The van der Waals surface area contributed by atoms with Gasteiger partial charge in [-0.2, -0.15) is 0 Å².